The summed E-state index contributed by atoms with van der Waals surface area (Å²) >= 11 is 0. The number of aliphatic hydroxyl groups excluding tert-OH is 1. The van der Waals surface area contributed by atoms with Crippen LogP contribution < -0.4 is 5.56 Å². The maximum Gasteiger partial charge on any atom is 0.266 e. The molecule has 5 rings (SSSR count). The molecule has 1 atom stereocenters. The lowest BCUT2D eigenvalue weighted by Crippen LogP contribution is -2.53. The van der Waals surface area contributed by atoms with Gasteiger partial charge in [-0.1, -0.05) is 0 Å². The molecule has 0 radical (unpaired) electrons. The van der Waals surface area contributed by atoms with E-state index in [1.165, 1.54) is 23.9 Å². The van der Waals surface area contributed by atoms with Gasteiger partial charge in [0, 0.05) is 6.07 Å². The highest BCUT2D eigenvalue weighted by molar-refractivity contribution is 5.04. The van der Waals surface area contributed by atoms with Crippen LogP contribution in [0.2, 0.25) is 0 Å². The van der Waals surface area contributed by atoms with E-state index in [0.717, 1.165) is 42.7 Å². The van der Waals surface area contributed by atoms with Gasteiger partial charge >= 0.3 is 0 Å². The monoisotopic (exact) mass is 288 g/mol. The van der Waals surface area contributed by atoms with E-state index in [-0.39, 0.29) is 11.0 Å². The van der Waals surface area contributed by atoms with Gasteiger partial charge in [0.1, 0.15) is 0 Å². The maximum absolute atomic E-state index is 11.9. The molecule has 0 aliphatic heterocycles. The van der Waals surface area contributed by atoms with Crippen molar-refractivity contribution in [3.05, 3.63) is 28.2 Å². The molecule has 1 heterocycles. The summed E-state index contributed by atoms with van der Waals surface area (Å²) in [5, 5.41) is 15.2. The van der Waals surface area contributed by atoms with Crippen LogP contribution in [0.3, 0.4) is 0 Å². The first-order valence-electron chi connectivity index (χ1n) is 8.27. The first-order valence-corrected chi connectivity index (χ1v) is 8.27. The van der Waals surface area contributed by atoms with Gasteiger partial charge in [-0.05, 0) is 74.7 Å². The highest BCUT2D eigenvalue weighted by atomic mass is 16.3. The van der Waals surface area contributed by atoms with Gasteiger partial charge in [0.15, 0.2) is 0 Å². The lowest BCUT2D eigenvalue weighted by Gasteiger charge is -2.58. The van der Waals surface area contributed by atoms with Gasteiger partial charge in [-0.3, -0.25) is 4.79 Å². The van der Waals surface area contributed by atoms with Crippen LogP contribution in [-0.4, -0.2) is 21.0 Å². The molecule has 4 heteroatoms. The molecule has 1 N–H and O–H groups in total. The summed E-state index contributed by atoms with van der Waals surface area (Å²) in [6.07, 6.45) is 7.14. The molecule has 0 spiro atoms. The predicted octanol–water partition coefficient (Wildman–Crippen LogP) is 2.13. The molecule has 0 saturated heterocycles. The van der Waals surface area contributed by atoms with Crippen molar-refractivity contribution in [2.75, 3.05) is 0 Å². The van der Waals surface area contributed by atoms with Crippen molar-refractivity contribution >= 4 is 0 Å². The van der Waals surface area contributed by atoms with Crippen molar-refractivity contribution in [1.82, 2.24) is 9.78 Å². The summed E-state index contributed by atoms with van der Waals surface area (Å²) < 4.78 is 1.46. The molecule has 4 nitrogen and oxygen atoms in total. The summed E-state index contributed by atoms with van der Waals surface area (Å²) in [7, 11) is 0. The van der Waals surface area contributed by atoms with E-state index in [1.807, 2.05) is 6.92 Å². The van der Waals surface area contributed by atoms with E-state index in [1.54, 1.807) is 12.1 Å². The summed E-state index contributed by atoms with van der Waals surface area (Å²) in [6.45, 7) is 2.24. The number of hydrogen-bond acceptors (Lipinski definition) is 3. The standard InChI is InChI=1S/C17H24N2O2/c1-11-2-3-16(21)19(18-11)10-15(20)17-7-12-4-13(8-17)6-14(5-12)9-17/h2-3,12-15,20H,4-10H2,1H3. The van der Waals surface area contributed by atoms with Crippen molar-refractivity contribution in [2.24, 2.45) is 23.2 Å². The minimum Gasteiger partial charge on any atom is -0.391 e. The van der Waals surface area contributed by atoms with Crippen LogP contribution in [0, 0.1) is 30.1 Å². The molecule has 4 aliphatic carbocycles. The van der Waals surface area contributed by atoms with E-state index in [0.29, 0.717) is 6.54 Å². The zero-order valence-electron chi connectivity index (χ0n) is 12.7. The lowest BCUT2D eigenvalue weighted by atomic mass is 9.48. The first-order chi connectivity index (χ1) is 10.0. The molecule has 1 aromatic heterocycles. The second kappa shape index (κ2) is 4.67. The summed E-state index contributed by atoms with van der Waals surface area (Å²) in [5.41, 5.74) is 0.774. The first kappa shape index (κ1) is 13.5. The van der Waals surface area contributed by atoms with Crippen molar-refractivity contribution < 1.29 is 5.11 Å². The third-order valence-electron chi connectivity index (χ3n) is 6.14. The molecule has 1 aromatic rings. The number of rotatable bonds is 3. The molecule has 0 amide bonds. The van der Waals surface area contributed by atoms with E-state index >= 15 is 0 Å². The predicted molar refractivity (Wildman–Crippen MR) is 79.8 cm³/mol. The zero-order chi connectivity index (χ0) is 14.6. The van der Waals surface area contributed by atoms with Crippen molar-refractivity contribution in [1.29, 1.82) is 0 Å². The Labute approximate surface area is 125 Å². The second-order valence-corrected chi connectivity index (χ2v) is 7.79. The van der Waals surface area contributed by atoms with Crippen LogP contribution in [0.5, 0.6) is 0 Å². The number of nitrogens with zero attached hydrogens (tertiary/aromatic N) is 2. The molecule has 4 fully saturated rings. The molecule has 0 aromatic carbocycles. The number of aromatic nitrogens is 2. The van der Waals surface area contributed by atoms with Crippen LogP contribution in [0.15, 0.2) is 16.9 Å². The SMILES string of the molecule is Cc1ccc(=O)n(CC(O)C23CC4CC(CC(C4)C2)C3)n1. The van der Waals surface area contributed by atoms with Gasteiger partial charge in [0.05, 0.1) is 18.3 Å². The van der Waals surface area contributed by atoms with Gasteiger partial charge in [0.2, 0.25) is 0 Å². The lowest BCUT2D eigenvalue weighted by molar-refractivity contribution is -0.125. The van der Waals surface area contributed by atoms with Gasteiger partial charge in [0.25, 0.3) is 5.56 Å². The topological polar surface area (TPSA) is 55.1 Å². The van der Waals surface area contributed by atoms with Crippen LogP contribution >= 0.6 is 0 Å². The van der Waals surface area contributed by atoms with Crippen molar-refractivity contribution in [3.8, 4) is 0 Å². The van der Waals surface area contributed by atoms with E-state index < -0.39 is 6.10 Å². The van der Waals surface area contributed by atoms with Gasteiger partial charge < -0.3 is 5.11 Å². The van der Waals surface area contributed by atoms with Gasteiger partial charge in [-0.25, -0.2) is 4.68 Å². The fraction of sp³-hybridized carbons (Fsp3) is 0.765. The third kappa shape index (κ3) is 2.24. The highest BCUT2D eigenvalue weighted by Gasteiger charge is 2.54. The molecule has 4 bridgehead atoms. The van der Waals surface area contributed by atoms with Crippen molar-refractivity contribution in [3.63, 3.8) is 0 Å². The fourth-order valence-corrected chi connectivity index (χ4v) is 5.62. The van der Waals surface area contributed by atoms with Crippen molar-refractivity contribution in [2.45, 2.75) is 58.1 Å². The smallest absolute Gasteiger partial charge is 0.266 e. The molecular formula is C17H24N2O2. The Kier molecular flexibility index (Phi) is 3.00. The Morgan fingerprint density at radius 3 is 2.38 bits per heavy atom. The molecule has 21 heavy (non-hydrogen) atoms. The second-order valence-electron chi connectivity index (χ2n) is 7.79. The molecule has 4 aliphatic rings. The fourth-order valence-electron chi connectivity index (χ4n) is 5.62. The normalized spacial score (nSPS) is 38.7. The quantitative estimate of drug-likeness (QED) is 0.927. The minimum absolute atomic E-state index is 0.0552. The number of hydrogen-bond donors (Lipinski definition) is 1. The van der Waals surface area contributed by atoms with E-state index in [9.17, 15) is 9.90 Å². The van der Waals surface area contributed by atoms with Gasteiger partial charge in [-0.15, -0.1) is 0 Å². The number of aryl methyl sites for hydroxylation is 1. The largest absolute Gasteiger partial charge is 0.391 e. The zero-order valence-corrected chi connectivity index (χ0v) is 12.7. The van der Waals surface area contributed by atoms with E-state index in [2.05, 4.69) is 5.10 Å². The Morgan fingerprint density at radius 1 is 1.24 bits per heavy atom. The number of aliphatic hydroxyl groups is 1. The minimum atomic E-state index is -0.433. The van der Waals surface area contributed by atoms with E-state index in [4.69, 9.17) is 0 Å². The average molecular weight is 288 g/mol. The van der Waals surface area contributed by atoms with Crippen LogP contribution in [-0.2, 0) is 6.54 Å². The van der Waals surface area contributed by atoms with Crippen LogP contribution in [0.25, 0.3) is 0 Å². The molecule has 1 unspecified atom stereocenters. The Hall–Kier alpha value is -1.16. The Balaban J connectivity index is 1.58. The Morgan fingerprint density at radius 2 is 1.81 bits per heavy atom. The highest BCUT2D eigenvalue weighted by Crippen LogP contribution is 2.61. The summed E-state index contributed by atoms with van der Waals surface area (Å²) in [6, 6.07) is 3.28. The third-order valence-corrected chi connectivity index (χ3v) is 6.14. The van der Waals surface area contributed by atoms with Gasteiger partial charge in [-0.2, -0.15) is 5.10 Å². The molecule has 4 saturated carbocycles. The molecular weight excluding hydrogens is 264 g/mol. The van der Waals surface area contributed by atoms with Crippen LogP contribution in [0.4, 0.5) is 0 Å². The average Bonchev–Trinajstić information content (AvgIpc) is 2.41. The summed E-state index contributed by atoms with van der Waals surface area (Å²) in [5.74, 6) is 2.44. The maximum atomic E-state index is 11.9. The Bertz CT molecular complexity index is 572. The summed E-state index contributed by atoms with van der Waals surface area (Å²) in [4.78, 5) is 11.9. The van der Waals surface area contributed by atoms with Crippen LogP contribution in [0.1, 0.15) is 44.2 Å². The molecule has 114 valence electrons.